The summed E-state index contributed by atoms with van der Waals surface area (Å²) in [5.41, 5.74) is 0.0191. The lowest BCUT2D eigenvalue weighted by Crippen LogP contribution is -2.64. The molecular weight excluding hydrogens is 386 g/mol. The van der Waals surface area contributed by atoms with Gasteiger partial charge in [-0.1, -0.05) is 0 Å². The van der Waals surface area contributed by atoms with E-state index in [0.717, 1.165) is 26.4 Å². The van der Waals surface area contributed by atoms with Gasteiger partial charge < -0.3 is 23.7 Å². The first-order valence-electron chi connectivity index (χ1n) is 11.9. The summed E-state index contributed by atoms with van der Waals surface area (Å²) in [7, 11) is 6.85. The minimum atomic E-state index is -0.226. The molecule has 30 heavy (non-hydrogen) atoms. The van der Waals surface area contributed by atoms with E-state index in [9.17, 15) is 0 Å². The van der Waals surface area contributed by atoms with Crippen molar-refractivity contribution in [2.45, 2.75) is 78.8 Å². The molecule has 9 rings (SSSR count). The standard InChI is InChI=1S/C22H31N3O5/c1-23-10-5-26-7-12(23)21(4-9(10)21)18-15-20-22(30-20,13(8-28-18)25(15)3)19-14-17-16(29-17)11(6-27-19)24(14)2/h9-20H,4-8H2,1-3H3. The van der Waals surface area contributed by atoms with Crippen LogP contribution in [0.3, 0.4) is 0 Å². The van der Waals surface area contributed by atoms with Gasteiger partial charge in [0, 0.05) is 17.5 Å². The molecule has 14 atom stereocenters. The van der Waals surface area contributed by atoms with Crippen molar-refractivity contribution >= 4 is 0 Å². The number of hydrogen-bond donors (Lipinski definition) is 0. The fraction of sp³-hybridized carbons (Fsp3) is 1.00. The van der Waals surface area contributed by atoms with Crippen molar-refractivity contribution in [2.24, 2.45) is 11.3 Å². The normalized spacial score (nSPS) is 69.7. The van der Waals surface area contributed by atoms with E-state index in [-0.39, 0.29) is 35.4 Å². The van der Waals surface area contributed by atoms with Crippen molar-refractivity contribution in [3.63, 3.8) is 0 Å². The Morgan fingerprint density at radius 2 is 1.60 bits per heavy atom. The Balaban J connectivity index is 1.08. The average Bonchev–Trinajstić information content (AvgIpc) is 3.61. The Kier molecular flexibility index (Phi) is 2.83. The van der Waals surface area contributed by atoms with E-state index in [0.29, 0.717) is 48.3 Å². The van der Waals surface area contributed by atoms with Crippen LogP contribution in [0.15, 0.2) is 0 Å². The number of piperidine rings is 1. The molecule has 6 bridgehead atoms. The zero-order chi connectivity index (χ0) is 19.7. The first-order chi connectivity index (χ1) is 14.6. The molecule has 8 saturated heterocycles. The van der Waals surface area contributed by atoms with Crippen molar-refractivity contribution in [3.05, 3.63) is 0 Å². The molecule has 0 N–H and O–H groups in total. The van der Waals surface area contributed by atoms with Crippen LogP contribution in [0.5, 0.6) is 0 Å². The highest BCUT2D eigenvalue weighted by molar-refractivity contribution is 5.36. The predicted molar refractivity (Wildman–Crippen MR) is 103 cm³/mol. The second-order valence-electron chi connectivity index (χ2n) is 11.6. The fourth-order valence-corrected chi connectivity index (χ4v) is 9.45. The highest BCUT2D eigenvalue weighted by Crippen LogP contribution is 2.72. The molecule has 0 radical (unpaired) electrons. The largest absolute Gasteiger partial charge is 0.378 e. The number of ether oxygens (including phenoxy) is 5. The predicted octanol–water partition coefficient (Wildman–Crippen LogP) is -1.23. The van der Waals surface area contributed by atoms with Gasteiger partial charge in [-0.2, -0.15) is 0 Å². The first kappa shape index (κ1) is 17.2. The Hall–Kier alpha value is -0.320. The molecule has 8 heteroatoms. The third kappa shape index (κ3) is 1.58. The molecule has 0 spiro atoms. The minimum Gasteiger partial charge on any atom is -0.378 e. The summed E-state index contributed by atoms with van der Waals surface area (Å²) in [6, 6.07) is 2.40. The molecule has 164 valence electrons. The fourth-order valence-electron chi connectivity index (χ4n) is 9.45. The molecule has 1 aliphatic carbocycles. The third-order valence-electron chi connectivity index (χ3n) is 11.0. The van der Waals surface area contributed by atoms with Gasteiger partial charge in [-0.05, 0) is 33.5 Å². The number of likely N-dealkylation sites (N-methyl/N-ethyl adjacent to an activating group) is 3. The van der Waals surface area contributed by atoms with Crippen LogP contribution >= 0.6 is 0 Å². The number of nitrogens with zero attached hydrogens (tertiary/aromatic N) is 3. The lowest BCUT2D eigenvalue weighted by atomic mass is 9.82. The number of rotatable bonds is 2. The Labute approximate surface area is 176 Å². The van der Waals surface area contributed by atoms with Crippen LogP contribution in [-0.4, -0.2) is 135 Å². The van der Waals surface area contributed by atoms with Crippen molar-refractivity contribution in [3.8, 4) is 0 Å². The summed E-state index contributed by atoms with van der Waals surface area (Å²) >= 11 is 0. The second kappa shape index (κ2) is 4.94. The van der Waals surface area contributed by atoms with Crippen LogP contribution in [0.25, 0.3) is 0 Å². The molecule has 9 fully saturated rings. The minimum absolute atomic E-state index is 0.0855. The van der Waals surface area contributed by atoms with Gasteiger partial charge in [0.15, 0.2) is 0 Å². The lowest BCUT2D eigenvalue weighted by molar-refractivity contribution is -0.176. The molecule has 1 saturated carbocycles. The van der Waals surface area contributed by atoms with E-state index in [2.05, 4.69) is 35.8 Å². The molecule has 14 unspecified atom stereocenters. The van der Waals surface area contributed by atoms with Gasteiger partial charge in [-0.15, -0.1) is 0 Å². The van der Waals surface area contributed by atoms with E-state index in [1.165, 1.54) is 6.42 Å². The maximum absolute atomic E-state index is 6.78. The van der Waals surface area contributed by atoms with Gasteiger partial charge in [-0.25, -0.2) is 0 Å². The summed E-state index contributed by atoms with van der Waals surface area (Å²) < 4.78 is 32.0. The number of morpholine rings is 5. The zero-order valence-corrected chi connectivity index (χ0v) is 17.8. The van der Waals surface area contributed by atoms with Crippen LogP contribution < -0.4 is 0 Å². The molecule has 0 amide bonds. The quantitative estimate of drug-likeness (QED) is 0.518. The van der Waals surface area contributed by atoms with Crippen molar-refractivity contribution in [1.82, 2.24) is 14.7 Å². The summed E-state index contributed by atoms with van der Waals surface area (Å²) in [5, 5.41) is 0. The lowest BCUT2D eigenvalue weighted by Gasteiger charge is -2.48. The maximum Gasteiger partial charge on any atom is 0.142 e. The molecular formula is C22H31N3O5. The smallest absolute Gasteiger partial charge is 0.142 e. The average molecular weight is 418 g/mol. The Bertz CT molecular complexity index is 846. The monoisotopic (exact) mass is 417 g/mol. The summed E-state index contributed by atoms with van der Waals surface area (Å²) in [5.74, 6) is 0.715. The van der Waals surface area contributed by atoms with Crippen molar-refractivity contribution in [1.29, 1.82) is 0 Å². The van der Waals surface area contributed by atoms with Gasteiger partial charge in [0.25, 0.3) is 0 Å². The maximum atomic E-state index is 6.78. The molecule has 0 aromatic rings. The van der Waals surface area contributed by atoms with Crippen molar-refractivity contribution in [2.75, 3.05) is 47.6 Å². The van der Waals surface area contributed by atoms with E-state index < -0.39 is 0 Å². The summed E-state index contributed by atoms with van der Waals surface area (Å²) in [6.45, 7) is 3.24. The van der Waals surface area contributed by atoms with Crippen LogP contribution in [0.4, 0.5) is 0 Å². The van der Waals surface area contributed by atoms with E-state index in [4.69, 9.17) is 23.7 Å². The molecule has 9 aliphatic rings. The Morgan fingerprint density at radius 3 is 2.47 bits per heavy atom. The zero-order valence-electron chi connectivity index (χ0n) is 17.8. The number of epoxide rings is 2. The molecule has 8 heterocycles. The highest BCUT2D eigenvalue weighted by atomic mass is 16.7. The van der Waals surface area contributed by atoms with Gasteiger partial charge >= 0.3 is 0 Å². The molecule has 0 aromatic carbocycles. The number of hydrogen-bond acceptors (Lipinski definition) is 8. The topological polar surface area (TPSA) is 62.5 Å². The van der Waals surface area contributed by atoms with Crippen molar-refractivity contribution < 1.29 is 23.7 Å². The van der Waals surface area contributed by atoms with Crippen LogP contribution in [0.1, 0.15) is 6.42 Å². The van der Waals surface area contributed by atoms with Gasteiger partial charge in [-0.3, -0.25) is 14.7 Å². The SMILES string of the molecule is CN1C2COC(C34OC3C3C(C56CC5C5COCC6N5C)OCC4N3C)C1C1OC12. The highest BCUT2D eigenvalue weighted by Gasteiger charge is 2.85. The summed E-state index contributed by atoms with van der Waals surface area (Å²) in [4.78, 5) is 7.71. The van der Waals surface area contributed by atoms with Crippen LogP contribution in [0.2, 0.25) is 0 Å². The van der Waals surface area contributed by atoms with Crippen LogP contribution in [0, 0.1) is 11.3 Å². The van der Waals surface area contributed by atoms with E-state index >= 15 is 0 Å². The van der Waals surface area contributed by atoms with Gasteiger partial charge in [0.1, 0.15) is 30.0 Å². The molecule has 8 nitrogen and oxygen atoms in total. The van der Waals surface area contributed by atoms with Crippen LogP contribution in [-0.2, 0) is 23.7 Å². The second-order valence-corrected chi connectivity index (χ2v) is 11.6. The van der Waals surface area contributed by atoms with E-state index in [1.54, 1.807) is 0 Å². The first-order valence-corrected chi connectivity index (χ1v) is 11.9. The third-order valence-corrected chi connectivity index (χ3v) is 11.0. The summed E-state index contributed by atoms with van der Waals surface area (Å²) in [6.07, 6.45) is 2.54. The van der Waals surface area contributed by atoms with Gasteiger partial charge in [0.05, 0.1) is 56.7 Å². The Morgan fingerprint density at radius 1 is 0.733 bits per heavy atom. The van der Waals surface area contributed by atoms with Gasteiger partial charge in [0.2, 0.25) is 0 Å². The number of fused-ring (bicyclic) bond motifs is 15. The molecule has 0 aromatic heterocycles. The van der Waals surface area contributed by atoms with E-state index in [1.807, 2.05) is 0 Å². The molecule has 8 aliphatic heterocycles.